The molecule has 356 valence electrons. The Morgan fingerprint density at radius 2 is 1.29 bits per heavy atom. The summed E-state index contributed by atoms with van der Waals surface area (Å²) in [7, 11) is 0. The van der Waals surface area contributed by atoms with Gasteiger partial charge in [-0.1, -0.05) is 64.8 Å². The molecule has 22 atom stereocenters. The van der Waals surface area contributed by atoms with Crippen LogP contribution in [-0.4, -0.2) is 101 Å². The van der Waals surface area contributed by atoms with E-state index in [0.29, 0.717) is 30.1 Å². The van der Waals surface area contributed by atoms with Crippen molar-refractivity contribution in [3.05, 3.63) is 46.1 Å². The number of hydrogen-bond acceptors (Lipinski definition) is 11. The summed E-state index contributed by atoms with van der Waals surface area (Å²) in [6.45, 7) is 19.4. The highest BCUT2D eigenvalue weighted by Crippen LogP contribution is 2.73. The lowest BCUT2D eigenvalue weighted by Gasteiger charge is -2.61. The minimum atomic E-state index is -1.49. The Kier molecular flexibility index (Phi) is 8.60. The zero-order valence-electron chi connectivity index (χ0n) is 40.4. The van der Waals surface area contributed by atoms with Crippen LogP contribution in [0.2, 0.25) is 0 Å². The zero-order valence-corrected chi connectivity index (χ0v) is 40.4. The lowest BCUT2D eigenvalue weighted by Crippen LogP contribution is -2.65. The Labute approximate surface area is 385 Å². The smallest absolute Gasteiger partial charge is 0.201 e. The molecule has 0 unspecified atom stereocenters. The van der Waals surface area contributed by atoms with Crippen LogP contribution in [0.5, 0.6) is 0 Å². The summed E-state index contributed by atoms with van der Waals surface area (Å²) < 4.78 is 26.8. The van der Waals surface area contributed by atoms with Crippen LogP contribution < -0.4 is 0 Å². The summed E-state index contributed by atoms with van der Waals surface area (Å²) in [6, 6.07) is 0. The Hall–Kier alpha value is -1.80. The SMILES string of the molecule is C[C@@H]1[C@]2(O[C@H]3C=C4[C@@H]5CC[C@H]6Cc7nc8c(nc7C[C@]6(C)[C@H]5C[C@@H](O)[C@]4(C)[C@]31O)C[C@@]1(C)[C@@H](CC[C@H]3C4=C[C@@H]5O[C@]6(CCC(C)(C)O6)[C@@H](C)[C@@H]5[C@@]4(C)[C@H](O)C[C@@H]31)C8)O[C@@](C)(CO)C[C@H]2O. The van der Waals surface area contributed by atoms with Crippen LogP contribution in [0, 0.1) is 74.9 Å². The molecule has 0 bridgehead atoms. The molecule has 11 nitrogen and oxygen atoms in total. The van der Waals surface area contributed by atoms with Crippen LogP contribution in [0.4, 0.5) is 0 Å². The fourth-order valence-electron chi connectivity index (χ4n) is 19.4. The van der Waals surface area contributed by atoms with Crippen LogP contribution in [0.15, 0.2) is 23.3 Å². The van der Waals surface area contributed by atoms with Crippen molar-refractivity contribution in [1.29, 1.82) is 0 Å². The van der Waals surface area contributed by atoms with Gasteiger partial charge in [0, 0.05) is 41.4 Å². The fraction of sp³-hybridized carbons (Fsp3) is 0.852. The molecular weight excluding hydrogens is 821 g/mol. The molecule has 5 N–H and O–H groups in total. The maximum absolute atomic E-state index is 13.0. The summed E-state index contributed by atoms with van der Waals surface area (Å²) in [6.07, 6.45) is 13.0. The van der Waals surface area contributed by atoms with Gasteiger partial charge in [0.15, 0.2) is 5.79 Å². The molecule has 1 aromatic heterocycles. The number of fused-ring (bicyclic) bond motifs is 16. The summed E-state index contributed by atoms with van der Waals surface area (Å²) in [5, 5.41) is 59.5. The van der Waals surface area contributed by atoms with Gasteiger partial charge >= 0.3 is 0 Å². The van der Waals surface area contributed by atoms with Gasteiger partial charge in [-0.15, -0.1) is 0 Å². The zero-order chi connectivity index (χ0) is 45.6. The molecule has 8 fully saturated rings. The predicted molar refractivity (Wildman–Crippen MR) is 240 cm³/mol. The van der Waals surface area contributed by atoms with E-state index in [9.17, 15) is 25.5 Å². The van der Waals surface area contributed by atoms with E-state index in [0.717, 1.165) is 81.2 Å². The number of hydrogen-bond donors (Lipinski definition) is 5. The quantitative estimate of drug-likeness (QED) is 0.201. The molecule has 13 rings (SSSR count). The van der Waals surface area contributed by atoms with Crippen molar-refractivity contribution in [1.82, 2.24) is 9.97 Å². The molecule has 0 radical (unpaired) electrons. The second-order valence-corrected chi connectivity index (χ2v) is 26.3. The first-order chi connectivity index (χ1) is 30.5. The first kappa shape index (κ1) is 43.2. The number of ether oxygens (including phenoxy) is 4. The Bertz CT molecular complexity index is 2320. The summed E-state index contributed by atoms with van der Waals surface area (Å²) in [4.78, 5) is 11.2. The van der Waals surface area contributed by atoms with Crippen molar-refractivity contribution < 1.29 is 44.5 Å². The van der Waals surface area contributed by atoms with Crippen LogP contribution >= 0.6 is 0 Å². The number of nitrogens with zero attached hydrogens (tertiary/aromatic N) is 2. The van der Waals surface area contributed by atoms with Gasteiger partial charge < -0.3 is 44.5 Å². The molecule has 0 aromatic carbocycles. The Balaban J connectivity index is 0.781. The van der Waals surface area contributed by atoms with E-state index in [-0.39, 0.29) is 64.6 Å². The third kappa shape index (κ3) is 5.01. The van der Waals surface area contributed by atoms with Crippen molar-refractivity contribution in [3.63, 3.8) is 0 Å². The van der Waals surface area contributed by atoms with E-state index in [4.69, 9.17) is 28.9 Å². The van der Waals surface area contributed by atoms with Gasteiger partial charge in [-0.25, -0.2) is 0 Å². The maximum atomic E-state index is 13.0. The van der Waals surface area contributed by atoms with Gasteiger partial charge in [0.1, 0.15) is 17.8 Å². The summed E-state index contributed by atoms with van der Waals surface area (Å²) >= 11 is 0. The highest BCUT2D eigenvalue weighted by molar-refractivity contribution is 5.44. The number of aliphatic hydroxyl groups excluding tert-OH is 4. The van der Waals surface area contributed by atoms with E-state index >= 15 is 0 Å². The van der Waals surface area contributed by atoms with Gasteiger partial charge in [0.05, 0.1) is 58.9 Å². The molecular formula is C54H76N2O9. The van der Waals surface area contributed by atoms with Crippen molar-refractivity contribution in [2.24, 2.45) is 74.9 Å². The standard InChI is InChI=1S/C54H76N2O9/c1-26-45-40(62-52(26)15-14-46(3,4)64-52)18-34-30-12-10-28-16-36-38(22-48(28,6)32(30)19-41(58)50(34,45)8)56-39-23-49(7)29(17-37(39)55-36)11-13-31-33(49)20-42(59)51(9)35(31)21-44-53(51,61)27(2)54(63-44)43(60)24-47(5,25-57)65-54/h18,21,26-33,40-45,57-61H,10-17,19-20,22-25H2,1-9H3/t26-,27-,28-,29-,30+,31+,32-,33-,40-,41+,42+,43+,44-,45-,47+,48-,49-,50+,51+,52-,53+,54-/m0/s1. The number of aromatic nitrogens is 2. The molecule has 0 amide bonds. The molecule has 4 aliphatic heterocycles. The molecule has 11 heteroatoms. The Morgan fingerprint density at radius 3 is 1.88 bits per heavy atom. The minimum Gasteiger partial charge on any atom is -0.393 e. The average Bonchev–Trinajstić information content (AvgIpc) is 4.00. The second-order valence-electron chi connectivity index (χ2n) is 26.3. The van der Waals surface area contributed by atoms with Crippen LogP contribution in [0.1, 0.15) is 143 Å². The van der Waals surface area contributed by atoms with Gasteiger partial charge in [-0.3, -0.25) is 9.97 Å². The third-order valence-electron chi connectivity index (χ3n) is 23.2. The molecule has 65 heavy (non-hydrogen) atoms. The molecule has 4 saturated heterocycles. The molecule has 1 aromatic rings. The topological polar surface area (TPSA) is 164 Å². The molecule has 8 aliphatic carbocycles. The largest absolute Gasteiger partial charge is 0.393 e. The van der Waals surface area contributed by atoms with E-state index in [1.165, 1.54) is 23.4 Å². The summed E-state index contributed by atoms with van der Waals surface area (Å²) in [5.41, 5.74) is 3.17. The Morgan fingerprint density at radius 1 is 0.692 bits per heavy atom. The van der Waals surface area contributed by atoms with Crippen LogP contribution in [0.3, 0.4) is 0 Å². The third-order valence-corrected chi connectivity index (χ3v) is 23.2. The first-order valence-electron chi connectivity index (χ1n) is 26.0. The van der Waals surface area contributed by atoms with Gasteiger partial charge in [0.2, 0.25) is 5.79 Å². The van der Waals surface area contributed by atoms with Crippen molar-refractivity contribution in [2.75, 3.05) is 6.61 Å². The predicted octanol–water partition coefficient (Wildman–Crippen LogP) is 6.32. The highest BCUT2D eigenvalue weighted by Gasteiger charge is 2.79. The lowest BCUT2D eigenvalue weighted by atomic mass is 9.44. The van der Waals surface area contributed by atoms with E-state index in [1.807, 2.05) is 13.8 Å². The number of aliphatic hydroxyl groups is 5. The monoisotopic (exact) mass is 897 g/mol. The molecule has 12 aliphatic rings. The first-order valence-corrected chi connectivity index (χ1v) is 26.0. The number of rotatable bonds is 1. The fourth-order valence-corrected chi connectivity index (χ4v) is 19.4. The average molecular weight is 897 g/mol. The normalized spacial score (nSPS) is 58.4. The van der Waals surface area contributed by atoms with Crippen LogP contribution in [0.25, 0.3) is 0 Å². The lowest BCUT2D eigenvalue weighted by molar-refractivity contribution is -0.280. The van der Waals surface area contributed by atoms with Crippen molar-refractivity contribution in [3.8, 4) is 0 Å². The maximum Gasteiger partial charge on any atom is 0.201 e. The molecule has 4 saturated carbocycles. The van der Waals surface area contributed by atoms with Gasteiger partial charge in [-0.05, 0) is 138 Å². The molecule has 5 heterocycles. The van der Waals surface area contributed by atoms with Gasteiger partial charge in [-0.2, -0.15) is 0 Å². The van der Waals surface area contributed by atoms with E-state index in [2.05, 4.69) is 53.7 Å². The van der Waals surface area contributed by atoms with Gasteiger partial charge in [0.25, 0.3) is 0 Å². The second kappa shape index (κ2) is 12.9. The van der Waals surface area contributed by atoms with Crippen molar-refractivity contribution in [2.45, 2.75) is 205 Å². The van der Waals surface area contributed by atoms with E-state index in [1.54, 1.807) is 6.92 Å². The summed E-state index contributed by atoms with van der Waals surface area (Å²) in [5.74, 6) is -0.153. The molecule has 2 spiro atoms. The highest BCUT2D eigenvalue weighted by atomic mass is 16.7. The minimum absolute atomic E-state index is 0.00228. The van der Waals surface area contributed by atoms with Crippen LogP contribution in [-0.2, 0) is 44.6 Å². The van der Waals surface area contributed by atoms with E-state index < -0.39 is 58.5 Å². The van der Waals surface area contributed by atoms with Crippen molar-refractivity contribution >= 4 is 0 Å².